The first kappa shape index (κ1) is 17.8. The molecule has 1 unspecified atom stereocenters. The predicted molar refractivity (Wildman–Crippen MR) is 95.8 cm³/mol. The van der Waals surface area contributed by atoms with Crippen LogP contribution >= 0.6 is 0 Å². The van der Waals surface area contributed by atoms with Gasteiger partial charge in [-0.2, -0.15) is 0 Å². The Morgan fingerprint density at radius 3 is 2.48 bits per heavy atom. The molecule has 2 rings (SSSR count). The van der Waals surface area contributed by atoms with E-state index < -0.39 is 0 Å². The summed E-state index contributed by atoms with van der Waals surface area (Å²) in [6.45, 7) is 3.67. The van der Waals surface area contributed by atoms with Gasteiger partial charge in [0.15, 0.2) is 6.54 Å². The summed E-state index contributed by atoms with van der Waals surface area (Å²) in [7, 11) is 6.18. The first-order valence-electron chi connectivity index (χ1n) is 8.82. The van der Waals surface area contributed by atoms with Crippen molar-refractivity contribution >= 4 is 11.6 Å². The van der Waals surface area contributed by atoms with Crippen LogP contribution in [0.2, 0.25) is 0 Å². The third kappa shape index (κ3) is 5.54. The second-order valence-corrected chi connectivity index (χ2v) is 7.31. The van der Waals surface area contributed by atoms with Crippen LogP contribution in [0, 0.1) is 5.92 Å². The fourth-order valence-corrected chi connectivity index (χ4v) is 3.39. The third-order valence-electron chi connectivity index (χ3n) is 4.88. The van der Waals surface area contributed by atoms with E-state index in [0.29, 0.717) is 18.5 Å². The zero-order valence-corrected chi connectivity index (χ0v) is 15.1. The second-order valence-electron chi connectivity index (χ2n) is 7.31. The summed E-state index contributed by atoms with van der Waals surface area (Å²) < 4.78 is 0. The number of anilines is 1. The molecule has 128 valence electrons. The highest BCUT2D eigenvalue weighted by Gasteiger charge is 2.23. The van der Waals surface area contributed by atoms with Gasteiger partial charge >= 0.3 is 0 Å². The Kier molecular flexibility index (Phi) is 6.46. The van der Waals surface area contributed by atoms with E-state index in [2.05, 4.69) is 48.5 Å². The Morgan fingerprint density at radius 2 is 1.87 bits per heavy atom. The van der Waals surface area contributed by atoms with Crippen LogP contribution in [0.1, 0.15) is 38.2 Å². The van der Waals surface area contributed by atoms with E-state index in [1.54, 1.807) is 0 Å². The second kappa shape index (κ2) is 8.34. The van der Waals surface area contributed by atoms with Gasteiger partial charge in [0, 0.05) is 31.4 Å². The molecule has 0 bridgehead atoms. The minimum absolute atomic E-state index is 0.186. The predicted octanol–water partition coefficient (Wildman–Crippen LogP) is 1.46. The lowest BCUT2D eigenvalue weighted by Gasteiger charge is -2.29. The number of benzene rings is 1. The number of amides is 1. The topological polar surface area (TPSA) is 36.8 Å². The lowest BCUT2D eigenvalue weighted by molar-refractivity contribution is -0.885. The number of carbonyl (C=O) groups excluding carboxylic acids is 1. The minimum atomic E-state index is 0.186. The molecule has 1 fully saturated rings. The van der Waals surface area contributed by atoms with Crippen LogP contribution < -0.4 is 15.1 Å². The molecule has 0 spiro atoms. The van der Waals surface area contributed by atoms with E-state index in [1.807, 2.05) is 14.1 Å². The maximum absolute atomic E-state index is 12.3. The smallest absolute Gasteiger partial charge is 0.275 e. The van der Waals surface area contributed by atoms with Crippen molar-refractivity contribution in [2.24, 2.45) is 5.92 Å². The van der Waals surface area contributed by atoms with E-state index in [-0.39, 0.29) is 5.91 Å². The highest BCUT2D eigenvalue weighted by atomic mass is 16.2. The molecule has 3 atom stereocenters. The molecule has 2 N–H and O–H groups in total. The lowest BCUT2D eigenvalue weighted by atomic mass is 9.86. The molecule has 1 aromatic carbocycles. The highest BCUT2D eigenvalue weighted by molar-refractivity contribution is 5.77. The monoisotopic (exact) mass is 318 g/mol. The maximum atomic E-state index is 12.3. The summed E-state index contributed by atoms with van der Waals surface area (Å²) in [4.78, 5) is 15.6. The third-order valence-corrected chi connectivity index (χ3v) is 4.88. The van der Waals surface area contributed by atoms with Crippen molar-refractivity contribution in [3.63, 3.8) is 0 Å². The number of hydrogen-bond acceptors (Lipinski definition) is 2. The molecule has 1 saturated carbocycles. The van der Waals surface area contributed by atoms with E-state index in [0.717, 1.165) is 13.0 Å². The minimum Gasteiger partial charge on any atom is -0.378 e. The molecule has 0 saturated heterocycles. The molecular weight excluding hydrogens is 286 g/mol. The zero-order valence-electron chi connectivity index (χ0n) is 15.1. The molecule has 1 aliphatic carbocycles. The van der Waals surface area contributed by atoms with E-state index >= 15 is 0 Å². The van der Waals surface area contributed by atoms with Gasteiger partial charge in [-0.05, 0) is 30.9 Å². The van der Waals surface area contributed by atoms with Crippen molar-refractivity contribution in [3.8, 4) is 0 Å². The maximum Gasteiger partial charge on any atom is 0.275 e. The van der Waals surface area contributed by atoms with Gasteiger partial charge in [0.25, 0.3) is 5.91 Å². The largest absolute Gasteiger partial charge is 0.378 e. The average Bonchev–Trinajstić information content (AvgIpc) is 2.50. The van der Waals surface area contributed by atoms with E-state index in [1.165, 1.54) is 35.4 Å². The number of nitrogens with zero attached hydrogens (tertiary/aromatic N) is 1. The Morgan fingerprint density at radius 1 is 1.22 bits per heavy atom. The van der Waals surface area contributed by atoms with Crippen LogP contribution in [-0.4, -0.2) is 39.6 Å². The molecule has 23 heavy (non-hydrogen) atoms. The Balaban J connectivity index is 1.79. The SMILES string of the molecule is C[C@H]1CCCC[C@@H]1NC(=O)C[NH+](C)Cc1ccc(N(C)C)cc1. The molecular formula is C19H32N3O+. The lowest BCUT2D eigenvalue weighted by Crippen LogP contribution is -3.09. The molecule has 0 aliphatic heterocycles. The Hall–Kier alpha value is -1.55. The fourth-order valence-electron chi connectivity index (χ4n) is 3.39. The van der Waals surface area contributed by atoms with Crippen LogP contribution in [-0.2, 0) is 11.3 Å². The first-order chi connectivity index (χ1) is 11.0. The molecule has 1 aromatic rings. The van der Waals surface area contributed by atoms with Gasteiger partial charge in [-0.3, -0.25) is 4.79 Å². The number of quaternary nitrogens is 1. The van der Waals surface area contributed by atoms with E-state index in [4.69, 9.17) is 0 Å². The summed E-state index contributed by atoms with van der Waals surface area (Å²) in [5.41, 5.74) is 2.47. The Bertz CT molecular complexity index is 498. The van der Waals surface area contributed by atoms with Gasteiger partial charge < -0.3 is 15.1 Å². The summed E-state index contributed by atoms with van der Waals surface area (Å²) in [6.07, 6.45) is 4.93. The highest BCUT2D eigenvalue weighted by Crippen LogP contribution is 2.23. The molecule has 4 nitrogen and oxygen atoms in total. The molecule has 1 aliphatic rings. The van der Waals surface area contributed by atoms with Crippen molar-refractivity contribution < 1.29 is 9.69 Å². The molecule has 0 heterocycles. The van der Waals surface area contributed by atoms with Crippen LogP contribution in [0.25, 0.3) is 0 Å². The van der Waals surface area contributed by atoms with Crippen molar-refractivity contribution in [2.75, 3.05) is 32.6 Å². The zero-order chi connectivity index (χ0) is 16.8. The standard InChI is InChI=1S/C19H31N3O/c1-15-7-5-6-8-18(15)20-19(23)14-22(4)13-16-9-11-17(12-10-16)21(2)3/h9-12,15,18H,5-8,13-14H2,1-4H3,(H,20,23)/p+1/t15-,18-/m0/s1. The van der Waals surface area contributed by atoms with Gasteiger partial charge in [-0.1, -0.05) is 31.9 Å². The van der Waals surface area contributed by atoms with Gasteiger partial charge in [0.1, 0.15) is 6.54 Å². The summed E-state index contributed by atoms with van der Waals surface area (Å²) >= 11 is 0. The molecule has 4 heteroatoms. The summed E-state index contributed by atoms with van der Waals surface area (Å²) in [5.74, 6) is 0.803. The summed E-state index contributed by atoms with van der Waals surface area (Å²) in [5, 5.41) is 3.24. The Labute approximate surface area is 140 Å². The van der Waals surface area contributed by atoms with Gasteiger partial charge in [0.05, 0.1) is 7.05 Å². The van der Waals surface area contributed by atoms with Crippen LogP contribution in [0.3, 0.4) is 0 Å². The number of hydrogen-bond donors (Lipinski definition) is 2. The van der Waals surface area contributed by atoms with Gasteiger partial charge in [0.2, 0.25) is 0 Å². The average molecular weight is 318 g/mol. The number of carbonyl (C=O) groups is 1. The molecule has 0 radical (unpaired) electrons. The summed E-state index contributed by atoms with van der Waals surface area (Å²) in [6, 6.07) is 8.95. The van der Waals surface area contributed by atoms with Gasteiger partial charge in [-0.15, -0.1) is 0 Å². The van der Waals surface area contributed by atoms with Crippen molar-refractivity contribution in [3.05, 3.63) is 29.8 Å². The molecule has 1 amide bonds. The first-order valence-corrected chi connectivity index (χ1v) is 8.82. The van der Waals surface area contributed by atoms with Crippen LogP contribution in [0.5, 0.6) is 0 Å². The number of nitrogens with one attached hydrogen (secondary N) is 2. The number of likely N-dealkylation sites (N-methyl/N-ethyl adjacent to an activating group) is 1. The van der Waals surface area contributed by atoms with Crippen molar-refractivity contribution in [2.45, 2.75) is 45.2 Å². The van der Waals surface area contributed by atoms with Gasteiger partial charge in [-0.25, -0.2) is 0 Å². The fraction of sp³-hybridized carbons (Fsp3) is 0.632. The van der Waals surface area contributed by atoms with E-state index in [9.17, 15) is 4.79 Å². The molecule has 0 aromatic heterocycles. The normalized spacial score (nSPS) is 22.4. The van der Waals surface area contributed by atoms with Crippen LogP contribution in [0.15, 0.2) is 24.3 Å². The number of rotatable bonds is 6. The quantitative estimate of drug-likeness (QED) is 0.833. The van der Waals surface area contributed by atoms with Crippen LogP contribution in [0.4, 0.5) is 5.69 Å². The van der Waals surface area contributed by atoms with Crippen molar-refractivity contribution in [1.29, 1.82) is 0 Å². The van der Waals surface area contributed by atoms with Crippen molar-refractivity contribution in [1.82, 2.24) is 5.32 Å².